The third kappa shape index (κ3) is 4.78. The van der Waals surface area contributed by atoms with Crippen molar-refractivity contribution >= 4 is 22.9 Å². The van der Waals surface area contributed by atoms with E-state index in [0.717, 1.165) is 67.3 Å². The molecule has 0 spiro atoms. The van der Waals surface area contributed by atoms with Crippen LogP contribution in [0.1, 0.15) is 49.2 Å². The van der Waals surface area contributed by atoms with E-state index in [1.165, 1.54) is 5.57 Å². The van der Waals surface area contributed by atoms with Crippen molar-refractivity contribution in [3.05, 3.63) is 54.0 Å². The van der Waals surface area contributed by atoms with Crippen LogP contribution in [-0.4, -0.2) is 57.9 Å². The summed E-state index contributed by atoms with van der Waals surface area (Å²) in [5, 5.41) is 6.55. The van der Waals surface area contributed by atoms with Gasteiger partial charge < -0.3 is 15.5 Å². The normalized spacial score (nSPS) is 16.8. The maximum absolute atomic E-state index is 12.4. The van der Waals surface area contributed by atoms with Crippen LogP contribution >= 0.6 is 0 Å². The molecule has 2 aromatic heterocycles. The fourth-order valence-corrected chi connectivity index (χ4v) is 4.07. The zero-order chi connectivity index (χ0) is 22.9. The van der Waals surface area contributed by atoms with Gasteiger partial charge in [-0.25, -0.2) is 9.97 Å². The molecule has 7 nitrogen and oxygen atoms in total. The zero-order valence-electron chi connectivity index (χ0n) is 19.6. The molecule has 7 heteroatoms. The Kier molecular flexibility index (Phi) is 5.89. The number of fused-ring (bicyclic) bond motifs is 1. The lowest BCUT2D eigenvalue weighted by atomic mass is 10.1. The summed E-state index contributed by atoms with van der Waals surface area (Å²) in [6.07, 6.45) is 9.41. The van der Waals surface area contributed by atoms with Crippen LogP contribution < -0.4 is 10.6 Å². The third-order valence-electron chi connectivity index (χ3n) is 6.27. The predicted octanol–water partition coefficient (Wildman–Crippen LogP) is 4.08. The number of amides is 1. The molecule has 0 radical (unpaired) electrons. The SMILES string of the molecule is CC(C)CNc1nc(C2=CCN(C)CC2)cn2c(-c3ccc(C(=O)NC4CC4)cc3)cnc12. The monoisotopic (exact) mass is 444 g/mol. The molecule has 3 aromatic rings. The highest BCUT2D eigenvalue weighted by Gasteiger charge is 2.24. The molecule has 0 unspecified atom stereocenters. The maximum atomic E-state index is 12.4. The molecule has 0 saturated heterocycles. The number of nitrogens with zero attached hydrogens (tertiary/aromatic N) is 4. The molecule has 1 aliphatic carbocycles. The fraction of sp³-hybridized carbons (Fsp3) is 0.423. The van der Waals surface area contributed by atoms with Gasteiger partial charge in [0.25, 0.3) is 5.91 Å². The lowest BCUT2D eigenvalue weighted by molar-refractivity contribution is 0.0951. The van der Waals surface area contributed by atoms with Crippen LogP contribution in [0.2, 0.25) is 0 Å². The van der Waals surface area contributed by atoms with Gasteiger partial charge in [-0.3, -0.25) is 9.20 Å². The van der Waals surface area contributed by atoms with Crippen LogP contribution in [0.15, 0.2) is 42.7 Å². The summed E-state index contributed by atoms with van der Waals surface area (Å²) in [4.78, 5) is 24.3. The molecule has 1 aromatic carbocycles. The first-order valence-corrected chi connectivity index (χ1v) is 11.9. The van der Waals surface area contributed by atoms with Gasteiger partial charge in [-0.1, -0.05) is 32.1 Å². The molecule has 0 atom stereocenters. The molecule has 1 fully saturated rings. The van der Waals surface area contributed by atoms with Gasteiger partial charge in [-0.15, -0.1) is 0 Å². The number of rotatable bonds is 7. The van der Waals surface area contributed by atoms with Gasteiger partial charge in [0.05, 0.1) is 17.6 Å². The van der Waals surface area contributed by atoms with Crippen LogP contribution in [0.25, 0.3) is 22.5 Å². The Bertz CT molecular complexity index is 1190. The van der Waals surface area contributed by atoms with E-state index in [-0.39, 0.29) is 5.91 Å². The van der Waals surface area contributed by atoms with E-state index in [2.05, 4.69) is 53.1 Å². The largest absolute Gasteiger partial charge is 0.367 e. The van der Waals surface area contributed by atoms with E-state index in [4.69, 9.17) is 9.97 Å². The minimum atomic E-state index is 0.00283. The van der Waals surface area contributed by atoms with Crippen molar-refractivity contribution in [2.45, 2.75) is 39.2 Å². The molecule has 5 rings (SSSR count). The molecule has 1 aliphatic heterocycles. The number of hydrogen-bond acceptors (Lipinski definition) is 5. The van der Waals surface area contributed by atoms with Gasteiger partial charge in [0.15, 0.2) is 11.5 Å². The smallest absolute Gasteiger partial charge is 0.251 e. The van der Waals surface area contributed by atoms with E-state index in [0.29, 0.717) is 17.5 Å². The number of hydrogen-bond donors (Lipinski definition) is 2. The number of carbonyl (C=O) groups is 1. The van der Waals surface area contributed by atoms with Crippen LogP contribution in [0.3, 0.4) is 0 Å². The first-order valence-electron chi connectivity index (χ1n) is 11.9. The zero-order valence-corrected chi connectivity index (χ0v) is 19.6. The van der Waals surface area contributed by atoms with Crippen molar-refractivity contribution in [2.24, 2.45) is 5.92 Å². The lowest BCUT2D eigenvalue weighted by Gasteiger charge is -2.22. The number of carbonyl (C=O) groups excluding carboxylic acids is 1. The Morgan fingerprint density at radius 2 is 2.00 bits per heavy atom. The second-order valence-corrected chi connectivity index (χ2v) is 9.65. The Hall–Kier alpha value is -3.19. The predicted molar refractivity (Wildman–Crippen MR) is 132 cm³/mol. The van der Waals surface area contributed by atoms with Crippen LogP contribution in [-0.2, 0) is 0 Å². The van der Waals surface area contributed by atoms with Gasteiger partial charge in [0, 0.05) is 43.0 Å². The summed E-state index contributed by atoms with van der Waals surface area (Å²) < 4.78 is 2.13. The van der Waals surface area contributed by atoms with Crippen molar-refractivity contribution in [3.63, 3.8) is 0 Å². The molecule has 2 aliphatic rings. The van der Waals surface area contributed by atoms with Gasteiger partial charge in [0.1, 0.15) is 0 Å². The number of benzene rings is 1. The minimum absolute atomic E-state index is 0.00283. The van der Waals surface area contributed by atoms with Gasteiger partial charge >= 0.3 is 0 Å². The quantitative estimate of drug-likeness (QED) is 0.575. The molecule has 2 N–H and O–H groups in total. The highest BCUT2D eigenvalue weighted by molar-refractivity contribution is 5.95. The molecule has 33 heavy (non-hydrogen) atoms. The fourth-order valence-electron chi connectivity index (χ4n) is 4.07. The van der Waals surface area contributed by atoms with Crippen LogP contribution in [0.5, 0.6) is 0 Å². The van der Waals surface area contributed by atoms with Gasteiger partial charge in [0.2, 0.25) is 0 Å². The van der Waals surface area contributed by atoms with E-state index < -0.39 is 0 Å². The topological polar surface area (TPSA) is 74.6 Å². The summed E-state index contributed by atoms with van der Waals surface area (Å²) in [6, 6.07) is 8.15. The summed E-state index contributed by atoms with van der Waals surface area (Å²) in [5.74, 6) is 1.32. The maximum Gasteiger partial charge on any atom is 0.251 e. The molecular weight excluding hydrogens is 412 g/mol. The minimum Gasteiger partial charge on any atom is -0.367 e. The first-order chi connectivity index (χ1) is 16.0. The van der Waals surface area contributed by atoms with E-state index in [1.54, 1.807) is 0 Å². The lowest BCUT2D eigenvalue weighted by Crippen LogP contribution is -2.25. The summed E-state index contributed by atoms with van der Waals surface area (Å²) in [6.45, 7) is 7.17. The molecule has 0 bridgehead atoms. The second-order valence-electron chi connectivity index (χ2n) is 9.65. The molecule has 172 valence electrons. The van der Waals surface area contributed by atoms with Crippen molar-refractivity contribution in [3.8, 4) is 11.3 Å². The number of anilines is 1. The standard InChI is InChI=1S/C26H32N6O/c1-17(2)14-27-24-25-28-15-23(19-4-6-20(7-5-19)26(33)29-21-8-9-21)32(25)16-22(30-24)18-10-12-31(3)13-11-18/h4-7,10,15-17,21H,8-9,11-14H2,1-3H3,(H,27,30)(H,29,33). The van der Waals surface area contributed by atoms with Gasteiger partial charge in [-0.2, -0.15) is 0 Å². The Labute approximate surface area is 194 Å². The van der Waals surface area contributed by atoms with Crippen LogP contribution in [0, 0.1) is 5.92 Å². The third-order valence-corrected chi connectivity index (χ3v) is 6.27. The second kappa shape index (κ2) is 8.98. The summed E-state index contributed by atoms with van der Waals surface area (Å²) in [7, 11) is 2.14. The van der Waals surface area contributed by atoms with Crippen molar-refractivity contribution in [1.29, 1.82) is 0 Å². The first kappa shape index (κ1) is 21.6. The molecule has 1 saturated carbocycles. The number of likely N-dealkylation sites (N-methyl/N-ethyl adjacent to an activating group) is 1. The van der Waals surface area contributed by atoms with Crippen molar-refractivity contribution in [1.82, 2.24) is 24.6 Å². The Balaban J connectivity index is 1.51. The molecule has 3 heterocycles. The van der Waals surface area contributed by atoms with E-state index >= 15 is 0 Å². The van der Waals surface area contributed by atoms with Crippen LogP contribution in [0.4, 0.5) is 5.82 Å². The van der Waals surface area contributed by atoms with Crippen molar-refractivity contribution in [2.75, 3.05) is 32.0 Å². The van der Waals surface area contributed by atoms with Crippen molar-refractivity contribution < 1.29 is 4.79 Å². The average Bonchev–Trinajstić information content (AvgIpc) is 3.53. The number of aromatic nitrogens is 3. The molecular formula is C26H32N6O. The number of imidazole rings is 1. The molecule has 1 amide bonds. The van der Waals surface area contributed by atoms with E-state index in [1.807, 2.05) is 30.5 Å². The number of nitrogens with one attached hydrogen (secondary N) is 2. The Morgan fingerprint density at radius 3 is 2.67 bits per heavy atom. The van der Waals surface area contributed by atoms with E-state index in [9.17, 15) is 4.79 Å². The Morgan fingerprint density at radius 1 is 1.21 bits per heavy atom. The van der Waals surface area contributed by atoms with Gasteiger partial charge in [-0.05, 0) is 49.9 Å². The summed E-state index contributed by atoms with van der Waals surface area (Å²) >= 11 is 0. The highest BCUT2D eigenvalue weighted by Crippen LogP contribution is 2.28. The highest BCUT2D eigenvalue weighted by atomic mass is 16.1. The summed E-state index contributed by atoms with van der Waals surface area (Å²) in [5.41, 5.74) is 5.78. The average molecular weight is 445 g/mol.